The Morgan fingerprint density at radius 1 is 1.06 bits per heavy atom. The Bertz CT molecular complexity index is 1250. The molecule has 1 aromatic heterocycles. The van der Waals surface area contributed by atoms with Crippen molar-refractivity contribution in [1.82, 2.24) is 4.90 Å². The van der Waals surface area contributed by atoms with E-state index in [2.05, 4.69) is 10.0 Å². The van der Waals surface area contributed by atoms with Crippen molar-refractivity contribution in [1.29, 1.82) is 0 Å². The maximum Gasteiger partial charge on any atom is 0.264 e. The summed E-state index contributed by atoms with van der Waals surface area (Å²) in [6.07, 6.45) is 1.28. The van der Waals surface area contributed by atoms with Crippen LogP contribution in [-0.2, 0) is 14.8 Å². The first kappa shape index (κ1) is 22.3. The van der Waals surface area contributed by atoms with E-state index in [0.717, 1.165) is 6.42 Å². The molecular weight excluding hydrogens is 470 g/mol. The van der Waals surface area contributed by atoms with Crippen molar-refractivity contribution in [3.63, 3.8) is 0 Å². The number of sulfonamides is 1. The van der Waals surface area contributed by atoms with E-state index in [9.17, 15) is 18.0 Å². The van der Waals surface area contributed by atoms with Gasteiger partial charge in [0.1, 0.15) is 6.04 Å². The third-order valence-electron chi connectivity index (χ3n) is 5.08. The molecule has 0 spiro atoms. The topological polar surface area (TPSA) is 95.6 Å². The van der Waals surface area contributed by atoms with Gasteiger partial charge in [-0.15, -0.1) is 11.3 Å². The van der Waals surface area contributed by atoms with Crippen molar-refractivity contribution < 1.29 is 18.0 Å². The van der Waals surface area contributed by atoms with Crippen LogP contribution in [0, 0.1) is 0 Å². The predicted octanol–water partition coefficient (Wildman–Crippen LogP) is 4.45. The summed E-state index contributed by atoms with van der Waals surface area (Å²) in [4.78, 5) is 27.8. The highest BCUT2D eigenvalue weighted by Crippen LogP contribution is 2.26. The van der Waals surface area contributed by atoms with Crippen LogP contribution in [0.3, 0.4) is 0 Å². The minimum atomic E-state index is -3.92. The predicted molar refractivity (Wildman–Crippen MR) is 126 cm³/mol. The average molecular weight is 490 g/mol. The molecule has 4 rings (SSSR count). The van der Waals surface area contributed by atoms with E-state index < -0.39 is 16.1 Å². The first-order chi connectivity index (χ1) is 15.3. The highest BCUT2D eigenvalue weighted by atomic mass is 35.5. The molecule has 32 heavy (non-hydrogen) atoms. The first-order valence-corrected chi connectivity index (χ1v) is 12.6. The quantitative estimate of drug-likeness (QED) is 0.535. The Morgan fingerprint density at radius 3 is 2.62 bits per heavy atom. The molecule has 10 heteroatoms. The molecule has 2 heterocycles. The summed E-state index contributed by atoms with van der Waals surface area (Å²) in [5.41, 5.74) is 0.588. The second-order valence-electron chi connectivity index (χ2n) is 7.24. The summed E-state index contributed by atoms with van der Waals surface area (Å²) in [6, 6.07) is 15.4. The number of nitrogens with one attached hydrogen (secondary N) is 2. The normalized spacial score (nSPS) is 16.0. The van der Waals surface area contributed by atoms with Crippen molar-refractivity contribution in [3.8, 4) is 0 Å². The van der Waals surface area contributed by atoms with E-state index in [0.29, 0.717) is 23.5 Å². The van der Waals surface area contributed by atoms with Crippen LogP contribution in [0.1, 0.15) is 22.5 Å². The van der Waals surface area contributed by atoms with Crippen LogP contribution in [0.2, 0.25) is 5.02 Å². The zero-order valence-electron chi connectivity index (χ0n) is 16.8. The molecule has 1 aliphatic heterocycles. The lowest BCUT2D eigenvalue weighted by Crippen LogP contribution is -2.42. The van der Waals surface area contributed by atoms with E-state index in [4.69, 9.17) is 11.6 Å². The Kier molecular flexibility index (Phi) is 6.50. The van der Waals surface area contributed by atoms with Crippen molar-refractivity contribution >= 4 is 56.2 Å². The summed E-state index contributed by atoms with van der Waals surface area (Å²) in [6.45, 7) is 0.505. The van der Waals surface area contributed by atoms with E-state index in [1.165, 1.54) is 23.5 Å². The number of likely N-dealkylation sites (tertiary alicyclic amines) is 1. The monoisotopic (exact) mass is 489 g/mol. The standard InChI is InChI=1S/C22H20ClN3O4S2/c23-17-8-1-2-9-18(17)25-32(29,30)16-7-3-6-15(14-16)24-21(27)19-10-4-12-26(19)22(28)20-11-5-13-31-20/h1-3,5-9,11,13-14,19,25H,4,10,12H2,(H,24,27). The molecular formula is C22H20ClN3O4S2. The van der Waals surface area contributed by atoms with Gasteiger partial charge in [0.2, 0.25) is 5.91 Å². The summed E-state index contributed by atoms with van der Waals surface area (Å²) >= 11 is 7.39. The van der Waals surface area contributed by atoms with Crippen molar-refractivity contribution in [2.45, 2.75) is 23.8 Å². The number of hydrogen-bond donors (Lipinski definition) is 2. The number of para-hydroxylation sites is 1. The van der Waals surface area contributed by atoms with Gasteiger partial charge in [0.05, 0.1) is 20.5 Å². The molecule has 0 aliphatic carbocycles. The molecule has 0 radical (unpaired) electrons. The van der Waals surface area contributed by atoms with Gasteiger partial charge in [-0.05, 0) is 54.6 Å². The average Bonchev–Trinajstić information content (AvgIpc) is 3.47. The zero-order chi connectivity index (χ0) is 22.7. The molecule has 1 unspecified atom stereocenters. The fraction of sp³-hybridized carbons (Fsp3) is 0.182. The van der Waals surface area contributed by atoms with Crippen LogP contribution >= 0.6 is 22.9 Å². The van der Waals surface area contributed by atoms with Crippen LogP contribution in [0.5, 0.6) is 0 Å². The Hall–Kier alpha value is -2.88. The smallest absolute Gasteiger partial charge is 0.264 e. The minimum Gasteiger partial charge on any atom is -0.326 e. The number of nitrogens with zero attached hydrogens (tertiary/aromatic N) is 1. The molecule has 2 aromatic carbocycles. The number of benzene rings is 2. The third kappa shape index (κ3) is 4.79. The maximum atomic E-state index is 12.9. The van der Waals surface area contributed by atoms with Crippen molar-refractivity contribution in [2.24, 2.45) is 0 Å². The van der Waals surface area contributed by atoms with Gasteiger partial charge in [0, 0.05) is 12.2 Å². The molecule has 0 saturated carbocycles. The third-order valence-corrected chi connectivity index (χ3v) is 7.63. The largest absolute Gasteiger partial charge is 0.326 e. The Morgan fingerprint density at radius 2 is 1.88 bits per heavy atom. The van der Waals surface area contributed by atoms with Gasteiger partial charge in [0.15, 0.2) is 0 Å². The summed E-state index contributed by atoms with van der Waals surface area (Å²) in [5, 5.41) is 4.85. The number of thiophene rings is 1. The van der Waals surface area contributed by atoms with Gasteiger partial charge in [-0.3, -0.25) is 14.3 Å². The Balaban J connectivity index is 1.49. The summed E-state index contributed by atoms with van der Waals surface area (Å²) < 4.78 is 28.0. The van der Waals surface area contributed by atoms with E-state index in [-0.39, 0.29) is 27.4 Å². The molecule has 1 aliphatic rings. The van der Waals surface area contributed by atoms with E-state index >= 15 is 0 Å². The Labute approximate surface area is 195 Å². The minimum absolute atomic E-state index is 0.0202. The second kappa shape index (κ2) is 9.32. The number of carbonyl (C=O) groups excluding carboxylic acids is 2. The molecule has 2 amide bonds. The number of halogens is 1. The molecule has 2 N–H and O–H groups in total. The van der Waals surface area contributed by atoms with Crippen LogP contribution in [0.15, 0.2) is 70.9 Å². The molecule has 3 aromatic rings. The van der Waals surface area contributed by atoms with Gasteiger partial charge in [-0.1, -0.05) is 35.9 Å². The zero-order valence-corrected chi connectivity index (χ0v) is 19.2. The van der Waals surface area contributed by atoms with Gasteiger partial charge >= 0.3 is 0 Å². The van der Waals surface area contributed by atoms with Crippen molar-refractivity contribution in [3.05, 3.63) is 75.9 Å². The molecule has 1 atom stereocenters. The lowest BCUT2D eigenvalue weighted by molar-refractivity contribution is -0.119. The number of rotatable bonds is 6. The number of carbonyl (C=O) groups is 2. The number of hydrogen-bond acceptors (Lipinski definition) is 5. The van der Waals surface area contributed by atoms with Crippen molar-refractivity contribution in [2.75, 3.05) is 16.6 Å². The molecule has 1 fully saturated rings. The maximum absolute atomic E-state index is 12.9. The highest BCUT2D eigenvalue weighted by Gasteiger charge is 2.35. The molecule has 166 valence electrons. The van der Waals surface area contributed by atoms with Crippen LogP contribution < -0.4 is 10.0 Å². The van der Waals surface area contributed by atoms with E-state index in [1.54, 1.807) is 53.4 Å². The molecule has 7 nitrogen and oxygen atoms in total. The van der Waals surface area contributed by atoms with E-state index in [1.807, 2.05) is 5.38 Å². The first-order valence-electron chi connectivity index (χ1n) is 9.88. The molecule has 1 saturated heterocycles. The summed E-state index contributed by atoms with van der Waals surface area (Å²) in [7, 11) is -3.92. The SMILES string of the molecule is O=C(Nc1cccc(S(=O)(=O)Nc2ccccc2Cl)c1)C1CCCN1C(=O)c1cccs1. The highest BCUT2D eigenvalue weighted by molar-refractivity contribution is 7.92. The molecule has 0 bridgehead atoms. The van der Waals surface area contributed by atoms with Gasteiger partial charge in [0.25, 0.3) is 15.9 Å². The second-order valence-corrected chi connectivity index (χ2v) is 10.3. The number of anilines is 2. The number of amides is 2. The lowest BCUT2D eigenvalue weighted by Gasteiger charge is -2.23. The fourth-order valence-electron chi connectivity index (χ4n) is 3.54. The fourth-order valence-corrected chi connectivity index (χ4v) is 5.58. The van der Waals surface area contributed by atoms with Crippen LogP contribution in [0.4, 0.5) is 11.4 Å². The van der Waals surface area contributed by atoms with Crippen LogP contribution in [-0.4, -0.2) is 37.7 Å². The van der Waals surface area contributed by atoms with Gasteiger partial charge in [-0.2, -0.15) is 0 Å². The van der Waals surface area contributed by atoms with Gasteiger partial charge < -0.3 is 10.2 Å². The van der Waals surface area contributed by atoms with Crippen LogP contribution in [0.25, 0.3) is 0 Å². The van der Waals surface area contributed by atoms with Gasteiger partial charge in [-0.25, -0.2) is 8.42 Å². The lowest BCUT2D eigenvalue weighted by atomic mass is 10.2. The summed E-state index contributed by atoms with van der Waals surface area (Å²) in [5.74, 6) is -0.515.